The smallest absolute Gasteiger partial charge is 0.243 e. The molecule has 3 aromatic carbocycles. The van der Waals surface area contributed by atoms with Crippen molar-refractivity contribution in [1.82, 2.24) is 4.31 Å². The fourth-order valence-corrected chi connectivity index (χ4v) is 4.62. The Balaban J connectivity index is 1.85. The predicted molar refractivity (Wildman–Crippen MR) is 128 cm³/mol. The Hall–Kier alpha value is -3.36. The minimum absolute atomic E-state index is 0.0525. The highest BCUT2D eigenvalue weighted by Gasteiger charge is 2.27. The Bertz CT molecular complexity index is 1150. The number of anilines is 1. The van der Waals surface area contributed by atoms with Gasteiger partial charge in [0.2, 0.25) is 15.9 Å². The van der Waals surface area contributed by atoms with Crippen molar-refractivity contribution >= 4 is 21.6 Å². The Morgan fingerprint density at radius 3 is 2.15 bits per heavy atom. The molecule has 0 atom stereocenters. The number of nitrogens with zero attached hydrogens (tertiary/aromatic N) is 1. The van der Waals surface area contributed by atoms with Gasteiger partial charge in [-0.25, -0.2) is 8.42 Å². The van der Waals surface area contributed by atoms with Gasteiger partial charge < -0.3 is 14.8 Å². The van der Waals surface area contributed by atoms with Crippen LogP contribution in [0.5, 0.6) is 11.5 Å². The molecule has 174 valence electrons. The fourth-order valence-electron chi connectivity index (χ4n) is 3.24. The SMILES string of the molecule is CCOc1ccc(S(=O)(=O)N(CC(=O)Nc2ccccc2OCC)Cc2ccccc2)cc1. The first-order valence-electron chi connectivity index (χ1n) is 10.7. The number of para-hydroxylation sites is 2. The van der Waals surface area contributed by atoms with E-state index in [4.69, 9.17) is 9.47 Å². The number of ether oxygens (including phenoxy) is 2. The highest BCUT2D eigenvalue weighted by molar-refractivity contribution is 7.89. The van der Waals surface area contributed by atoms with Crippen LogP contribution in [0, 0.1) is 0 Å². The van der Waals surface area contributed by atoms with Gasteiger partial charge in [0, 0.05) is 6.54 Å². The molecule has 0 heterocycles. The molecule has 1 amide bonds. The first kappa shape index (κ1) is 24.3. The van der Waals surface area contributed by atoms with Crippen molar-refractivity contribution in [1.29, 1.82) is 0 Å². The van der Waals surface area contributed by atoms with Crippen LogP contribution in [0.4, 0.5) is 5.69 Å². The lowest BCUT2D eigenvalue weighted by Gasteiger charge is -2.22. The van der Waals surface area contributed by atoms with Crippen LogP contribution in [0.15, 0.2) is 83.8 Å². The highest BCUT2D eigenvalue weighted by Crippen LogP contribution is 2.25. The molecule has 7 nitrogen and oxygen atoms in total. The van der Waals surface area contributed by atoms with E-state index in [9.17, 15) is 13.2 Å². The van der Waals surface area contributed by atoms with E-state index in [1.54, 1.807) is 36.4 Å². The Morgan fingerprint density at radius 2 is 1.48 bits per heavy atom. The van der Waals surface area contributed by atoms with Crippen molar-refractivity contribution < 1.29 is 22.7 Å². The van der Waals surface area contributed by atoms with Crippen LogP contribution in [0.3, 0.4) is 0 Å². The largest absolute Gasteiger partial charge is 0.494 e. The molecule has 3 rings (SSSR count). The van der Waals surface area contributed by atoms with E-state index in [-0.39, 0.29) is 18.0 Å². The Kier molecular flexibility index (Phi) is 8.46. The topological polar surface area (TPSA) is 84.9 Å². The summed E-state index contributed by atoms with van der Waals surface area (Å²) in [6.45, 7) is 4.33. The summed E-state index contributed by atoms with van der Waals surface area (Å²) in [5.41, 5.74) is 1.26. The van der Waals surface area contributed by atoms with E-state index in [0.29, 0.717) is 30.4 Å². The highest BCUT2D eigenvalue weighted by atomic mass is 32.2. The maximum Gasteiger partial charge on any atom is 0.243 e. The lowest BCUT2D eigenvalue weighted by Crippen LogP contribution is -2.37. The summed E-state index contributed by atoms with van der Waals surface area (Å²) in [5.74, 6) is 0.640. The van der Waals surface area contributed by atoms with Gasteiger partial charge in [0.1, 0.15) is 11.5 Å². The van der Waals surface area contributed by atoms with Gasteiger partial charge in [-0.2, -0.15) is 4.31 Å². The van der Waals surface area contributed by atoms with Gasteiger partial charge >= 0.3 is 0 Å². The van der Waals surface area contributed by atoms with Crippen molar-refractivity contribution in [2.45, 2.75) is 25.3 Å². The molecular weight excluding hydrogens is 440 g/mol. The zero-order valence-electron chi connectivity index (χ0n) is 18.7. The average molecular weight is 469 g/mol. The maximum absolute atomic E-state index is 13.4. The quantitative estimate of drug-likeness (QED) is 0.453. The average Bonchev–Trinajstić information content (AvgIpc) is 2.81. The molecule has 0 spiro atoms. The van der Waals surface area contributed by atoms with Crippen LogP contribution >= 0.6 is 0 Å². The van der Waals surface area contributed by atoms with Crippen LogP contribution in [0.25, 0.3) is 0 Å². The summed E-state index contributed by atoms with van der Waals surface area (Å²) in [4.78, 5) is 13.0. The molecule has 0 aliphatic carbocycles. The summed E-state index contributed by atoms with van der Waals surface area (Å²) in [6, 6.07) is 22.4. The van der Waals surface area contributed by atoms with Crippen LogP contribution in [0.1, 0.15) is 19.4 Å². The fraction of sp³-hybridized carbons (Fsp3) is 0.240. The molecule has 0 fully saturated rings. The minimum Gasteiger partial charge on any atom is -0.494 e. The van der Waals surface area contributed by atoms with E-state index in [1.165, 1.54) is 12.1 Å². The van der Waals surface area contributed by atoms with Gasteiger partial charge in [0.25, 0.3) is 0 Å². The third-order valence-corrected chi connectivity index (χ3v) is 6.56. The second-order valence-corrected chi connectivity index (χ2v) is 9.08. The van der Waals surface area contributed by atoms with Crippen molar-refractivity contribution in [3.8, 4) is 11.5 Å². The normalized spacial score (nSPS) is 11.2. The van der Waals surface area contributed by atoms with Crippen LogP contribution in [-0.4, -0.2) is 38.4 Å². The van der Waals surface area contributed by atoms with Gasteiger partial charge in [-0.3, -0.25) is 4.79 Å². The lowest BCUT2D eigenvalue weighted by atomic mass is 10.2. The third kappa shape index (κ3) is 6.57. The number of hydrogen-bond donors (Lipinski definition) is 1. The minimum atomic E-state index is -3.95. The van der Waals surface area contributed by atoms with Gasteiger partial charge in [0.05, 0.1) is 30.3 Å². The number of carbonyl (C=O) groups excluding carboxylic acids is 1. The molecule has 33 heavy (non-hydrogen) atoms. The standard InChI is InChI=1S/C25H28N2O5S/c1-3-31-21-14-16-22(17-15-21)33(29,30)27(18-20-10-6-5-7-11-20)19-25(28)26-23-12-8-9-13-24(23)32-4-2/h5-17H,3-4,18-19H2,1-2H3,(H,26,28). The summed E-state index contributed by atoms with van der Waals surface area (Å²) < 4.78 is 39.0. The molecule has 1 N–H and O–H groups in total. The molecule has 0 aromatic heterocycles. The maximum atomic E-state index is 13.4. The second-order valence-electron chi connectivity index (χ2n) is 7.14. The van der Waals surface area contributed by atoms with Crippen molar-refractivity contribution in [2.75, 3.05) is 25.1 Å². The van der Waals surface area contributed by atoms with E-state index < -0.39 is 15.9 Å². The first-order valence-corrected chi connectivity index (χ1v) is 12.2. The molecule has 8 heteroatoms. The van der Waals surface area contributed by atoms with Gasteiger partial charge in [-0.05, 0) is 55.8 Å². The summed E-state index contributed by atoms with van der Waals surface area (Å²) >= 11 is 0. The van der Waals surface area contributed by atoms with E-state index >= 15 is 0 Å². The van der Waals surface area contributed by atoms with Gasteiger partial charge in [-0.15, -0.1) is 0 Å². The lowest BCUT2D eigenvalue weighted by molar-refractivity contribution is -0.116. The molecule has 0 saturated heterocycles. The third-order valence-electron chi connectivity index (χ3n) is 4.76. The Morgan fingerprint density at radius 1 is 0.848 bits per heavy atom. The monoisotopic (exact) mass is 468 g/mol. The second kappa shape index (κ2) is 11.5. The summed E-state index contributed by atoms with van der Waals surface area (Å²) in [7, 11) is -3.95. The van der Waals surface area contributed by atoms with Crippen molar-refractivity contribution in [3.63, 3.8) is 0 Å². The molecule has 0 aliphatic heterocycles. The molecule has 0 saturated carbocycles. The molecule has 0 bridgehead atoms. The van der Waals surface area contributed by atoms with Gasteiger partial charge in [0.15, 0.2) is 0 Å². The van der Waals surface area contributed by atoms with Crippen molar-refractivity contribution in [2.24, 2.45) is 0 Å². The molecule has 3 aromatic rings. The number of rotatable bonds is 11. The summed E-state index contributed by atoms with van der Waals surface area (Å²) in [6.07, 6.45) is 0. The number of amides is 1. The van der Waals surface area contributed by atoms with E-state index in [1.807, 2.05) is 44.2 Å². The van der Waals surface area contributed by atoms with Crippen molar-refractivity contribution in [3.05, 3.63) is 84.4 Å². The molecule has 0 radical (unpaired) electrons. The van der Waals surface area contributed by atoms with Crippen LogP contribution in [-0.2, 0) is 21.4 Å². The zero-order valence-corrected chi connectivity index (χ0v) is 19.5. The zero-order chi connectivity index (χ0) is 23.7. The van der Waals surface area contributed by atoms with E-state index in [2.05, 4.69) is 5.32 Å². The summed E-state index contributed by atoms with van der Waals surface area (Å²) in [5, 5.41) is 2.77. The number of carbonyl (C=O) groups is 1. The predicted octanol–water partition coefficient (Wildman–Crippen LogP) is 4.31. The van der Waals surface area contributed by atoms with Crippen LogP contribution < -0.4 is 14.8 Å². The number of benzene rings is 3. The van der Waals surface area contributed by atoms with E-state index in [0.717, 1.165) is 9.87 Å². The number of sulfonamides is 1. The molecular formula is C25H28N2O5S. The molecule has 0 aliphatic rings. The molecule has 0 unspecified atom stereocenters. The number of nitrogens with one attached hydrogen (secondary N) is 1. The first-order chi connectivity index (χ1) is 15.9. The van der Waals surface area contributed by atoms with Crippen LogP contribution in [0.2, 0.25) is 0 Å². The van der Waals surface area contributed by atoms with Gasteiger partial charge in [-0.1, -0.05) is 42.5 Å². The Labute approximate surface area is 195 Å². The number of hydrogen-bond acceptors (Lipinski definition) is 5.